The lowest BCUT2D eigenvalue weighted by atomic mass is 10.1. The number of hydrogen-bond acceptors (Lipinski definition) is 2. The molecule has 3 nitrogen and oxygen atoms in total. The van der Waals surface area contributed by atoms with E-state index in [9.17, 15) is 4.79 Å². The second-order valence-corrected chi connectivity index (χ2v) is 5.39. The molecule has 4 heteroatoms. The van der Waals surface area contributed by atoms with Gasteiger partial charge in [0.05, 0.1) is 5.69 Å². The molecule has 1 aromatic carbocycles. The van der Waals surface area contributed by atoms with Gasteiger partial charge in [-0.3, -0.25) is 9.69 Å². The second kappa shape index (κ2) is 4.05. The predicted molar refractivity (Wildman–Crippen MR) is 75.7 cm³/mol. The Hall–Kier alpha value is -1.42. The van der Waals surface area contributed by atoms with Gasteiger partial charge in [0.2, 0.25) is 0 Å². The minimum atomic E-state index is -0.0163. The van der Waals surface area contributed by atoms with Crippen LogP contribution in [0.15, 0.2) is 18.2 Å². The van der Waals surface area contributed by atoms with Crippen LogP contribution in [0.3, 0.4) is 0 Å². The molecule has 0 saturated carbocycles. The molecule has 2 aliphatic heterocycles. The first-order chi connectivity index (χ1) is 8.61. The van der Waals surface area contributed by atoms with Gasteiger partial charge in [0.25, 0.3) is 5.91 Å². The second-order valence-electron chi connectivity index (χ2n) is 5.03. The summed E-state index contributed by atoms with van der Waals surface area (Å²) in [4.78, 5) is 16.3. The number of aryl methyl sites for hydroxylation is 1. The fourth-order valence-corrected chi connectivity index (χ4v) is 3.23. The van der Waals surface area contributed by atoms with E-state index in [1.54, 1.807) is 4.90 Å². The topological polar surface area (TPSA) is 23.6 Å². The van der Waals surface area contributed by atoms with Crippen LogP contribution in [0.25, 0.3) is 0 Å². The minimum Gasteiger partial charge on any atom is -0.336 e. The summed E-state index contributed by atoms with van der Waals surface area (Å²) in [6, 6.07) is 6.01. The van der Waals surface area contributed by atoms with Crippen LogP contribution in [0, 0.1) is 13.8 Å². The van der Waals surface area contributed by atoms with Crippen molar-refractivity contribution in [2.75, 3.05) is 11.4 Å². The maximum absolute atomic E-state index is 12.5. The number of fused-ring (bicyclic) bond motifs is 1. The maximum Gasteiger partial charge on any atom is 0.256 e. The molecule has 0 N–H and O–H groups in total. The average molecular weight is 260 g/mol. The van der Waals surface area contributed by atoms with Crippen LogP contribution in [-0.2, 0) is 4.79 Å². The molecule has 18 heavy (non-hydrogen) atoms. The summed E-state index contributed by atoms with van der Waals surface area (Å²) < 4.78 is 0. The van der Waals surface area contributed by atoms with Gasteiger partial charge < -0.3 is 4.90 Å². The Morgan fingerprint density at radius 2 is 2.11 bits per heavy atom. The standard InChI is InChI=1S/C14H16N2OS/c1-9-5-3-6-11(10(9)2)16-13(17)12-7-4-8-15(12)14(16)18/h3,5-6,12H,4,7-8H2,1-2H3/t12-/m1/s1. The number of nitrogens with zero attached hydrogens (tertiary/aromatic N) is 2. The number of hydrogen-bond donors (Lipinski definition) is 0. The Labute approximate surface area is 112 Å². The fourth-order valence-electron chi connectivity index (χ4n) is 2.82. The van der Waals surface area contributed by atoms with E-state index in [0.29, 0.717) is 5.11 Å². The van der Waals surface area contributed by atoms with Crippen molar-refractivity contribution in [2.24, 2.45) is 0 Å². The Morgan fingerprint density at radius 1 is 1.33 bits per heavy atom. The molecule has 94 valence electrons. The van der Waals surface area contributed by atoms with Crippen molar-refractivity contribution in [3.8, 4) is 0 Å². The van der Waals surface area contributed by atoms with Crippen LogP contribution in [0.4, 0.5) is 5.69 Å². The molecule has 1 aromatic rings. The van der Waals surface area contributed by atoms with Crippen molar-refractivity contribution < 1.29 is 4.79 Å². The third-order valence-corrected chi connectivity index (χ3v) is 4.43. The van der Waals surface area contributed by atoms with Gasteiger partial charge in [0.15, 0.2) is 5.11 Å². The van der Waals surface area contributed by atoms with E-state index in [0.717, 1.165) is 30.6 Å². The highest BCUT2D eigenvalue weighted by Gasteiger charge is 2.45. The summed E-state index contributed by atoms with van der Waals surface area (Å²) in [6.07, 6.45) is 2.00. The number of carbonyl (C=O) groups excluding carboxylic acids is 1. The highest BCUT2D eigenvalue weighted by Crippen LogP contribution is 2.33. The lowest BCUT2D eigenvalue weighted by molar-refractivity contribution is -0.119. The Morgan fingerprint density at radius 3 is 2.83 bits per heavy atom. The molecule has 0 unspecified atom stereocenters. The molecule has 2 heterocycles. The number of carbonyl (C=O) groups is 1. The average Bonchev–Trinajstić information content (AvgIpc) is 2.90. The first-order valence-corrected chi connectivity index (χ1v) is 6.73. The lowest BCUT2D eigenvalue weighted by Gasteiger charge is -2.21. The third-order valence-electron chi connectivity index (χ3n) is 4.01. The van der Waals surface area contributed by atoms with Gasteiger partial charge in [-0.15, -0.1) is 0 Å². The molecule has 0 aliphatic carbocycles. The summed E-state index contributed by atoms with van der Waals surface area (Å²) >= 11 is 5.47. The number of rotatable bonds is 1. The van der Waals surface area contributed by atoms with Crippen molar-refractivity contribution >= 4 is 28.9 Å². The highest BCUT2D eigenvalue weighted by atomic mass is 32.1. The van der Waals surface area contributed by atoms with E-state index in [4.69, 9.17) is 12.2 Å². The normalized spacial score (nSPS) is 22.9. The lowest BCUT2D eigenvalue weighted by Crippen LogP contribution is -2.33. The van der Waals surface area contributed by atoms with Gasteiger partial charge in [0, 0.05) is 6.54 Å². The first kappa shape index (κ1) is 11.7. The zero-order chi connectivity index (χ0) is 12.9. The van der Waals surface area contributed by atoms with E-state index >= 15 is 0 Å². The van der Waals surface area contributed by atoms with E-state index < -0.39 is 0 Å². The molecule has 1 atom stereocenters. The van der Waals surface area contributed by atoms with Crippen molar-refractivity contribution in [3.63, 3.8) is 0 Å². The molecule has 3 rings (SSSR count). The molecule has 0 radical (unpaired) electrons. The van der Waals surface area contributed by atoms with E-state index in [-0.39, 0.29) is 11.9 Å². The van der Waals surface area contributed by atoms with Crippen LogP contribution in [0.1, 0.15) is 24.0 Å². The molecule has 2 saturated heterocycles. The molecule has 1 amide bonds. The largest absolute Gasteiger partial charge is 0.336 e. The van der Waals surface area contributed by atoms with Gasteiger partial charge >= 0.3 is 0 Å². The summed E-state index contributed by atoms with van der Waals surface area (Å²) in [6.45, 7) is 5.02. The number of benzene rings is 1. The van der Waals surface area contributed by atoms with Crippen LogP contribution in [-0.4, -0.2) is 28.5 Å². The number of amides is 1. The van der Waals surface area contributed by atoms with E-state index in [1.807, 2.05) is 19.1 Å². The summed E-state index contributed by atoms with van der Waals surface area (Å²) in [5.41, 5.74) is 3.27. The quantitative estimate of drug-likeness (QED) is 0.724. The smallest absolute Gasteiger partial charge is 0.256 e. The summed E-state index contributed by atoms with van der Waals surface area (Å²) in [5.74, 6) is 0.145. The molecular weight excluding hydrogens is 244 g/mol. The molecule has 0 spiro atoms. The highest BCUT2D eigenvalue weighted by molar-refractivity contribution is 7.80. The zero-order valence-electron chi connectivity index (χ0n) is 10.6. The van der Waals surface area contributed by atoms with Gasteiger partial charge in [0.1, 0.15) is 6.04 Å². The summed E-state index contributed by atoms with van der Waals surface area (Å²) in [5, 5.41) is 0.677. The molecule has 0 aromatic heterocycles. The maximum atomic E-state index is 12.5. The SMILES string of the molecule is Cc1cccc(N2C(=O)[C@H]3CCCN3C2=S)c1C. The monoisotopic (exact) mass is 260 g/mol. The van der Waals surface area contributed by atoms with E-state index in [1.165, 1.54) is 5.56 Å². The summed E-state index contributed by atoms with van der Waals surface area (Å²) in [7, 11) is 0. The third kappa shape index (κ3) is 1.48. The number of anilines is 1. The molecule has 2 aliphatic rings. The van der Waals surface area contributed by atoms with Gasteiger partial charge in [-0.25, -0.2) is 0 Å². The molecule has 0 bridgehead atoms. The number of thiocarbonyl (C=S) groups is 1. The van der Waals surface area contributed by atoms with Crippen molar-refractivity contribution in [1.82, 2.24) is 4.90 Å². The first-order valence-electron chi connectivity index (χ1n) is 6.32. The Bertz CT molecular complexity index is 519. The fraction of sp³-hybridized carbons (Fsp3) is 0.429. The van der Waals surface area contributed by atoms with Crippen molar-refractivity contribution in [1.29, 1.82) is 0 Å². The minimum absolute atomic E-state index is 0.0163. The van der Waals surface area contributed by atoms with Gasteiger partial charge in [-0.2, -0.15) is 0 Å². The van der Waals surface area contributed by atoms with Gasteiger partial charge in [-0.05, 0) is 56.1 Å². The molecular formula is C14H16N2OS. The zero-order valence-corrected chi connectivity index (χ0v) is 11.5. The van der Waals surface area contributed by atoms with E-state index in [2.05, 4.69) is 17.9 Å². The molecule has 2 fully saturated rings. The Kier molecular flexibility index (Phi) is 2.63. The van der Waals surface area contributed by atoms with Crippen LogP contribution >= 0.6 is 12.2 Å². The van der Waals surface area contributed by atoms with Crippen LogP contribution < -0.4 is 4.90 Å². The van der Waals surface area contributed by atoms with Crippen LogP contribution in [0.5, 0.6) is 0 Å². The van der Waals surface area contributed by atoms with Gasteiger partial charge in [-0.1, -0.05) is 12.1 Å². The van der Waals surface area contributed by atoms with Crippen LogP contribution in [0.2, 0.25) is 0 Å². The predicted octanol–water partition coefficient (Wildman–Crippen LogP) is 2.40. The Balaban J connectivity index is 2.05. The van der Waals surface area contributed by atoms with Crippen molar-refractivity contribution in [2.45, 2.75) is 32.7 Å². The van der Waals surface area contributed by atoms with Crippen molar-refractivity contribution in [3.05, 3.63) is 29.3 Å².